The van der Waals surface area contributed by atoms with Crippen LogP contribution >= 0.6 is 0 Å². The molecule has 2 aromatic rings. The van der Waals surface area contributed by atoms with Gasteiger partial charge in [0, 0.05) is 31.4 Å². The first kappa shape index (κ1) is 14.8. The second kappa shape index (κ2) is 5.92. The van der Waals surface area contributed by atoms with Crippen LogP contribution in [0, 0.1) is 5.92 Å². The Kier molecular flexibility index (Phi) is 3.98. The topological polar surface area (TPSA) is 95.8 Å². The van der Waals surface area contributed by atoms with Crippen LogP contribution in [-0.4, -0.2) is 37.4 Å². The summed E-state index contributed by atoms with van der Waals surface area (Å²) < 4.78 is 1.91. The first-order chi connectivity index (χ1) is 10.5. The van der Waals surface area contributed by atoms with E-state index in [9.17, 15) is 9.90 Å². The van der Waals surface area contributed by atoms with Crippen molar-refractivity contribution < 1.29 is 9.90 Å². The number of rotatable bonds is 5. The summed E-state index contributed by atoms with van der Waals surface area (Å²) in [5.74, 6) is 0.424. The molecule has 1 aliphatic heterocycles. The first-order valence-electron chi connectivity index (χ1n) is 7.62. The summed E-state index contributed by atoms with van der Waals surface area (Å²) in [4.78, 5) is 19.0. The average Bonchev–Trinajstić information content (AvgIpc) is 3.10. The summed E-state index contributed by atoms with van der Waals surface area (Å²) in [5.41, 5.74) is 2.38. The first-order valence-corrected chi connectivity index (χ1v) is 7.62. The van der Waals surface area contributed by atoms with E-state index < -0.39 is 12.0 Å². The number of aromatic amines is 1. The molecular weight excluding hydrogens is 282 g/mol. The van der Waals surface area contributed by atoms with Crippen LogP contribution in [-0.2, 0) is 17.8 Å². The number of nitrogens with zero attached hydrogens (tertiary/aromatic N) is 3. The number of carbonyl (C=O) groups is 1. The van der Waals surface area contributed by atoms with E-state index in [1.165, 1.54) is 0 Å². The van der Waals surface area contributed by atoms with E-state index in [0.29, 0.717) is 24.0 Å². The van der Waals surface area contributed by atoms with Crippen LogP contribution < -0.4 is 5.32 Å². The largest absolute Gasteiger partial charge is 0.480 e. The van der Waals surface area contributed by atoms with E-state index in [0.717, 1.165) is 30.6 Å². The van der Waals surface area contributed by atoms with Crippen molar-refractivity contribution in [2.75, 3.05) is 6.54 Å². The minimum atomic E-state index is -0.897. The molecular formula is C15H21N5O2. The molecule has 118 valence electrons. The molecule has 0 aliphatic carbocycles. The number of aliphatic carboxylic acids is 1. The molecule has 2 aromatic heterocycles. The van der Waals surface area contributed by atoms with Crippen LogP contribution in [0.15, 0.2) is 12.4 Å². The van der Waals surface area contributed by atoms with Gasteiger partial charge in [-0.1, -0.05) is 13.8 Å². The summed E-state index contributed by atoms with van der Waals surface area (Å²) in [6.45, 7) is 5.88. The second-order valence-electron chi connectivity index (χ2n) is 6.10. The number of nitrogens with one attached hydrogen (secondary N) is 2. The molecule has 1 atom stereocenters. The third-order valence-electron chi connectivity index (χ3n) is 3.90. The maximum atomic E-state index is 11.3. The maximum Gasteiger partial charge on any atom is 0.327 e. The Morgan fingerprint density at radius 1 is 1.55 bits per heavy atom. The molecule has 0 aromatic carbocycles. The Labute approximate surface area is 128 Å². The van der Waals surface area contributed by atoms with E-state index in [1.54, 1.807) is 6.20 Å². The minimum Gasteiger partial charge on any atom is -0.480 e. The zero-order valence-electron chi connectivity index (χ0n) is 12.8. The summed E-state index contributed by atoms with van der Waals surface area (Å²) in [7, 11) is 0. The van der Waals surface area contributed by atoms with Crippen LogP contribution in [0.3, 0.4) is 0 Å². The lowest BCUT2D eigenvalue weighted by molar-refractivity contribution is -0.139. The third kappa shape index (κ3) is 2.89. The molecule has 0 unspecified atom stereocenters. The maximum absolute atomic E-state index is 11.3. The van der Waals surface area contributed by atoms with Gasteiger partial charge >= 0.3 is 5.97 Å². The number of imidazole rings is 1. The zero-order chi connectivity index (χ0) is 15.7. The molecule has 3 heterocycles. The predicted molar refractivity (Wildman–Crippen MR) is 81.3 cm³/mol. The highest BCUT2D eigenvalue weighted by molar-refractivity contribution is 5.76. The smallest absolute Gasteiger partial charge is 0.327 e. The van der Waals surface area contributed by atoms with E-state index in [2.05, 4.69) is 34.2 Å². The highest BCUT2D eigenvalue weighted by Crippen LogP contribution is 2.25. The third-order valence-corrected chi connectivity index (χ3v) is 3.90. The Morgan fingerprint density at radius 3 is 3.09 bits per heavy atom. The Hall–Kier alpha value is -2.15. The van der Waals surface area contributed by atoms with Crippen LogP contribution in [0.1, 0.15) is 37.7 Å². The normalized spacial score (nSPS) is 17.7. The lowest BCUT2D eigenvalue weighted by Crippen LogP contribution is -2.35. The Morgan fingerprint density at radius 2 is 2.36 bits per heavy atom. The molecule has 0 fully saturated rings. The molecule has 0 spiro atoms. The van der Waals surface area contributed by atoms with Gasteiger partial charge in [-0.05, 0) is 12.3 Å². The number of carboxylic acid groups (broad SMARTS) is 1. The van der Waals surface area contributed by atoms with Crippen LogP contribution in [0.5, 0.6) is 0 Å². The van der Waals surface area contributed by atoms with Gasteiger partial charge in [0.2, 0.25) is 0 Å². The highest BCUT2D eigenvalue weighted by Gasteiger charge is 2.29. The fraction of sp³-hybridized carbons (Fsp3) is 0.533. The second-order valence-corrected chi connectivity index (χ2v) is 6.10. The number of hydrogen-bond acceptors (Lipinski definition) is 4. The van der Waals surface area contributed by atoms with E-state index >= 15 is 0 Å². The minimum absolute atomic E-state index is 0.587. The van der Waals surface area contributed by atoms with Crippen molar-refractivity contribution >= 4 is 5.97 Å². The number of H-pyrrole nitrogens is 1. The SMILES string of the molecule is CC(C)CCn1cc(-c2nc3c([nH]2)CCN[C@H]3C(=O)O)cn1. The molecule has 3 rings (SSSR count). The van der Waals surface area contributed by atoms with Crippen molar-refractivity contribution in [1.29, 1.82) is 0 Å². The van der Waals surface area contributed by atoms with Crippen molar-refractivity contribution in [2.24, 2.45) is 5.92 Å². The standard InChI is InChI=1S/C15H21N5O2/c1-9(2)4-6-20-8-10(7-17-20)14-18-11-3-5-16-13(15(21)22)12(11)19-14/h7-9,13,16H,3-6H2,1-2H3,(H,18,19)(H,21,22)/t13-/m1/s1. The highest BCUT2D eigenvalue weighted by atomic mass is 16.4. The van der Waals surface area contributed by atoms with Gasteiger partial charge in [0.1, 0.15) is 5.82 Å². The number of fused-ring (bicyclic) bond motifs is 1. The monoisotopic (exact) mass is 303 g/mol. The molecule has 0 bridgehead atoms. The molecule has 0 saturated heterocycles. The van der Waals surface area contributed by atoms with E-state index in [-0.39, 0.29) is 0 Å². The van der Waals surface area contributed by atoms with Crippen molar-refractivity contribution in [3.05, 3.63) is 23.8 Å². The van der Waals surface area contributed by atoms with Gasteiger partial charge in [-0.2, -0.15) is 5.10 Å². The van der Waals surface area contributed by atoms with E-state index in [1.807, 2.05) is 10.9 Å². The average molecular weight is 303 g/mol. The van der Waals surface area contributed by atoms with Gasteiger partial charge in [0.05, 0.1) is 17.5 Å². The molecule has 3 N–H and O–H groups in total. The lowest BCUT2D eigenvalue weighted by atomic mass is 10.1. The molecule has 7 heteroatoms. The summed E-state index contributed by atoms with van der Waals surface area (Å²) in [6.07, 6.45) is 5.55. The number of hydrogen-bond donors (Lipinski definition) is 3. The van der Waals surface area contributed by atoms with Crippen LogP contribution in [0.4, 0.5) is 0 Å². The van der Waals surface area contributed by atoms with Crippen molar-refractivity contribution in [2.45, 2.75) is 39.3 Å². The quantitative estimate of drug-likeness (QED) is 0.779. The molecule has 22 heavy (non-hydrogen) atoms. The van der Waals surface area contributed by atoms with Gasteiger partial charge in [0.15, 0.2) is 6.04 Å². The Bertz CT molecular complexity index is 673. The zero-order valence-corrected chi connectivity index (χ0v) is 12.8. The molecule has 7 nitrogen and oxygen atoms in total. The van der Waals surface area contributed by atoms with Crippen molar-refractivity contribution in [1.82, 2.24) is 25.1 Å². The number of aromatic nitrogens is 4. The number of carboxylic acids is 1. The fourth-order valence-corrected chi connectivity index (χ4v) is 2.63. The van der Waals surface area contributed by atoms with Crippen molar-refractivity contribution in [3.8, 4) is 11.4 Å². The van der Waals surface area contributed by atoms with Crippen molar-refractivity contribution in [3.63, 3.8) is 0 Å². The summed E-state index contributed by atoms with van der Waals surface area (Å²) >= 11 is 0. The molecule has 0 saturated carbocycles. The van der Waals surface area contributed by atoms with Crippen LogP contribution in [0.25, 0.3) is 11.4 Å². The molecule has 1 aliphatic rings. The number of aryl methyl sites for hydroxylation is 1. The van der Waals surface area contributed by atoms with Gasteiger partial charge < -0.3 is 10.1 Å². The van der Waals surface area contributed by atoms with E-state index in [4.69, 9.17) is 0 Å². The lowest BCUT2D eigenvalue weighted by Gasteiger charge is -2.18. The van der Waals surface area contributed by atoms with Gasteiger partial charge in [-0.15, -0.1) is 0 Å². The molecule has 0 amide bonds. The summed E-state index contributed by atoms with van der Waals surface area (Å²) in [5, 5.41) is 16.6. The van der Waals surface area contributed by atoms with Gasteiger partial charge in [-0.25, -0.2) is 4.98 Å². The predicted octanol–water partition coefficient (Wildman–Crippen LogP) is 1.59. The van der Waals surface area contributed by atoms with Crippen LogP contribution in [0.2, 0.25) is 0 Å². The van der Waals surface area contributed by atoms with Gasteiger partial charge in [0.25, 0.3) is 0 Å². The summed E-state index contributed by atoms with van der Waals surface area (Å²) in [6, 6.07) is -0.732. The fourth-order valence-electron chi connectivity index (χ4n) is 2.63. The van der Waals surface area contributed by atoms with Gasteiger partial charge in [-0.3, -0.25) is 14.8 Å². The Balaban J connectivity index is 1.83. The molecule has 0 radical (unpaired) electrons.